The van der Waals surface area contributed by atoms with Crippen LogP contribution in [0, 0.1) is 6.92 Å². The largest absolute Gasteiger partial charge is 0.388 e. The van der Waals surface area contributed by atoms with Crippen LogP contribution in [0.25, 0.3) is 0 Å². The molecule has 0 saturated carbocycles. The van der Waals surface area contributed by atoms with Crippen molar-refractivity contribution in [3.63, 3.8) is 0 Å². The molecule has 2 N–H and O–H groups in total. The van der Waals surface area contributed by atoms with E-state index in [2.05, 4.69) is 20.2 Å². The molecule has 1 fully saturated rings. The maximum atomic E-state index is 10.9. The number of hydrogen-bond donors (Lipinski definition) is 2. The fourth-order valence-corrected chi connectivity index (χ4v) is 3.92. The molecule has 4 heterocycles. The monoisotopic (exact) mass is 414 g/mol. The van der Waals surface area contributed by atoms with E-state index in [-0.39, 0.29) is 24.8 Å². The molecule has 0 amide bonds. The van der Waals surface area contributed by atoms with Crippen molar-refractivity contribution < 1.29 is 5.11 Å². The topological polar surface area (TPSA) is 79.1 Å². The Morgan fingerprint density at radius 3 is 2.59 bits per heavy atom. The highest BCUT2D eigenvalue weighted by atomic mass is 35.5. The first-order valence-corrected chi connectivity index (χ1v) is 9.13. The standard InChI is InChI=1S/C18H26N6O.2ClH/c1-14-21-16-3-7-19-6-2-15(16)17(22-14)24-9-4-18(25,5-10-24)12-23-11-8-20-13-23;;/h8,11,13,19,25H,2-7,9-10,12H2,1H3;2*1H. The molecule has 0 bridgehead atoms. The van der Waals surface area contributed by atoms with Crippen LogP contribution in [0.15, 0.2) is 18.7 Å². The van der Waals surface area contributed by atoms with Gasteiger partial charge in [0.15, 0.2) is 0 Å². The van der Waals surface area contributed by atoms with Crippen molar-refractivity contribution in [2.24, 2.45) is 0 Å². The molecule has 0 unspecified atom stereocenters. The molecule has 0 spiro atoms. The van der Waals surface area contributed by atoms with Crippen molar-refractivity contribution in [3.05, 3.63) is 35.8 Å². The van der Waals surface area contributed by atoms with Crippen molar-refractivity contribution in [1.29, 1.82) is 0 Å². The van der Waals surface area contributed by atoms with Crippen LogP contribution in [0.3, 0.4) is 0 Å². The van der Waals surface area contributed by atoms with E-state index in [0.29, 0.717) is 6.54 Å². The van der Waals surface area contributed by atoms with Gasteiger partial charge >= 0.3 is 0 Å². The van der Waals surface area contributed by atoms with E-state index < -0.39 is 5.60 Å². The molecule has 0 aromatic carbocycles. The van der Waals surface area contributed by atoms with E-state index in [9.17, 15) is 5.11 Å². The molecule has 2 aromatic heterocycles. The van der Waals surface area contributed by atoms with Gasteiger partial charge in [0.1, 0.15) is 11.6 Å². The number of rotatable bonds is 3. The van der Waals surface area contributed by atoms with Crippen LogP contribution >= 0.6 is 24.8 Å². The van der Waals surface area contributed by atoms with Crippen molar-refractivity contribution in [3.8, 4) is 0 Å². The fourth-order valence-electron chi connectivity index (χ4n) is 3.92. The predicted molar refractivity (Wildman–Crippen MR) is 110 cm³/mol. The van der Waals surface area contributed by atoms with Gasteiger partial charge in [-0.2, -0.15) is 0 Å². The van der Waals surface area contributed by atoms with E-state index in [0.717, 1.165) is 63.5 Å². The molecule has 27 heavy (non-hydrogen) atoms. The minimum Gasteiger partial charge on any atom is -0.388 e. The third kappa shape index (κ3) is 4.90. The molecular formula is C18H28Cl2N6O. The third-order valence-corrected chi connectivity index (χ3v) is 5.30. The van der Waals surface area contributed by atoms with Gasteiger partial charge in [0.05, 0.1) is 24.2 Å². The zero-order chi connectivity index (χ0) is 17.3. The van der Waals surface area contributed by atoms with Gasteiger partial charge in [-0.15, -0.1) is 24.8 Å². The minimum atomic E-state index is -0.669. The van der Waals surface area contributed by atoms with Crippen molar-refractivity contribution in [1.82, 2.24) is 24.8 Å². The lowest BCUT2D eigenvalue weighted by Gasteiger charge is -2.39. The summed E-state index contributed by atoms with van der Waals surface area (Å²) in [5.74, 6) is 1.92. The van der Waals surface area contributed by atoms with E-state index in [1.54, 1.807) is 12.5 Å². The van der Waals surface area contributed by atoms with Crippen molar-refractivity contribution in [2.45, 2.75) is 44.8 Å². The Balaban J connectivity index is 0.00000131. The highest BCUT2D eigenvalue weighted by Gasteiger charge is 2.34. The summed E-state index contributed by atoms with van der Waals surface area (Å²) in [5, 5.41) is 14.4. The lowest BCUT2D eigenvalue weighted by atomic mass is 9.91. The summed E-state index contributed by atoms with van der Waals surface area (Å²) in [6, 6.07) is 0. The summed E-state index contributed by atoms with van der Waals surface area (Å²) in [6.07, 6.45) is 8.84. The predicted octanol–water partition coefficient (Wildman–Crippen LogP) is 1.54. The third-order valence-electron chi connectivity index (χ3n) is 5.30. The molecule has 2 aromatic rings. The number of aryl methyl sites for hydroxylation is 1. The highest BCUT2D eigenvalue weighted by Crippen LogP contribution is 2.30. The second kappa shape index (κ2) is 9.19. The fraction of sp³-hybridized carbons (Fsp3) is 0.611. The number of aliphatic hydroxyl groups is 1. The number of halogens is 2. The molecule has 7 nitrogen and oxygen atoms in total. The lowest BCUT2D eigenvalue weighted by Crippen LogP contribution is -2.47. The zero-order valence-electron chi connectivity index (χ0n) is 15.6. The summed E-state index contributed by atoms with van der Waals surface area (Å²) >= 11 is 0. The van der Waals surface area contributed by atoms with Gasteiger partial charge in [-0.05, 0) is 32.7 Å². The van der Waals surface area contributed by atoms with Crippen LogP contribution < -0.4 is 10.2 Å². The second-order valence-corrected chi connectivity index (χ2v) is 7.22. The molecule has 1 saturated heterocycles. The van der Waals surface area contributed by atoms with Crippen LogP contribution in [0.2, 0.25) is 0 Å². The lowest BCUT2D eigenvalue weighted by molar-refractivity contribution is -0.000211. The average Bonchev–Trinajstić information content (AvgIpc) is 2.97. The van der Waals surface area contributed by atoms with Crippen LogP contribution in [-0.2, 0) is 19.4 Å². The molecular weight excluding hydrogens is 387 g/mol. The number of hydrogen-bond acceptors (Lipinski definition) is 6. The van der Waals surface area contributed by atoms with Gasteiger partial charge < -0.3 is 19.9 Å². The van der Waals surface area contributed by atoms with Gasteiger partial charge in [-0.25, -0.2) is 15.0 Å². The number of imidazole rings is 1. The van der Waals surface area contributed by atoms with Gasteiger partial charge in [-0.3, -0.25) is 0 Å². The van der Waals surface area contributed by atoms with Crippen LogP contribution in [-0.4, -0.2) is 56.4 Å². The van der Waals surface area contributed by atoms with E-state index >= 15 is 0 Å². The SMILES string of the molecule is Cc1nc2c(c(N3CCC(O)(Cn4ccnc4)CC3)n1)CCNCC2.Cl.Cl. The van der Waals surface area contributed by atoms with Crippen LogP contribution in [0.1, 0.15) is 29.9 Å². The first-order chi connectivity index (χ1) is 12.1. The first-order valence-electron chi connectivity index (χ1n) is 9.13. The maximum absolute atomic E-state index is 10.9. The Kier molecular flexibility index (Phi) is 7.45. The normalized spacial score (nSPS) is 18.7. The van der Waals surface area contributed by atoms with Gasteiger partial charge in [-0.1, -0.05) is 0 Å². The van der Waals surface area contributed by atoms with Crippen molar-refractivity contribution >= 4 is 30.6 Å². The molecule has 0 atom stereocenters. The van der Waals surface area contributed by atoms with E-state index in [1.807, 2.05) is 17.7 Å². The van der Waals surface area contributed by atoms with Crippen LogP contribution in [0.4, 0.5) is 5.82 Å². The molecule has 2 aliphatic rings. The number of nitrogens with one attached hydrogen (secondary N) is 1. The highest BCUT2D eigenvalue weighted by molar-refractivity contribution is 5.85. The summed E-state index contributed by atoms with van der Waals surface area (Å²) in [5.41, 5.74) is 1.81. The maximum Gasteiger partial charge on any atom is 0.135 e. The molecule has 9 heteroatoms. The molecule has 0 aliphatic carbocycles. The molecule has 4 rings (SSSR count). The first kappa shape index (κ1) is 21.9. The minimum absolute atomic E-state index is 0. The Labute approximate surface area is 172 Å². The second-order valence-electron chi connectivity index (χ2n) is 7.22. The van der Waals surface area contributed by atoms with E-state index in [1.165, 1.54) is 11.3 Å². The van der Waals surface area contributed by atoms with Crippen LogP contribution in [0.5, 0.6) is 0 Å². The number of nitrogens with zero attached hydrogens (tertiary/aromatic N) is 5. The van der Waals surface area contributed by atoms with E-state index in [4.69, 9.17) is 4.98 Å². The number of anilines is 1. The summed E-state index contributed by atoms with van der Waals surface area (Å²) in [7, 11) is 0. The van der Waals surface area contributed by atoms with Crippen molar-refractivity contribution in [2.75, 3.05) is 31.1 Å². The molecule has 2 aliphatic heterocycles. The number of aromatic nitrogens is 4. The molecule has 150 valence electrons. The zero-order valence-corrected chi connectivity index (χ0v) is 17.2. The Bertz CT molecular complexity index is 732. The Hall–Kier alpha value is -1.41. The quantitative estimate of drug-likeness (QED) is 0.792. The summed E-state index contributed by atoms with van der Waals surface area (Å²) in [6.45, 7) is 6.18. The average molecular weight is 415 g/mol. The van der Waals surface area contributed by atoms with Gasteiger partial charge in [0.2, 0.25) is 0 Å². The molecule has 0 radical (unpaired) electrons. The van der Waals surface area contributed by atoms with Gasteiger partial charge in [0.25, 0.3) is 0 Å². The van der Waals surface area contributed by atoms with Gasteiger partial charge in [0, 0.05) is 44.0 Å². The Morgan fingerprint density at radius 1 is 1.15 bits per heavy atom. The summed E-state index contributed by atoms with van der Waals surface area (Å²) < 4.78 is 1.96. The summed E-state index contributed by atoms with van der Waals surface area (Å²) in [4.78, 5) is 15.8. The Morgan fingerprint density at radius 2 is 1.89 bits per heavy atom. The number of piperidine rings is 1. The number of fused-ring (bicyclic) bond motifs is 1. The smallest absolute Gasteiger partial charge is 0.135 e.